The van der Waals surface area contributed by atoms with Crippen LogP contribution in [-0.2, 0) is 11.2 Å². The highest BCUT2D eigenvalue weighted by Gasteiger charge is 2.15. The Hall–Kier alpha value is -4.73. The predicted molar refractivity (Wildman–Crippen MR) is 148 cm³/mol. The van der Waals surface area contributed by atoms with Crippen molar-refractivity contribution in [1.29, 1.82) is 0 Å². The van der Waals surface area contributed by atoms with Crippen molar-refractivity contribution in [2.45, 2.75) is 27.2 Å². The summed E-state index contributed by atoms with van der Waals surface area (Å²) in [7, 11) is 1.45. The van der Waals surface area contributed by atoms with Crippen molar-refractivity contribution in [2.24, 2.45) is 5.92 Å². The predicted octanol–water partition coefficient (Wildman–Crippen LogP) is 4.21. The number of nitrogens with one attached hydrogen (secondary N) is 2. The first-order valence-corrected chi connectivity index (χ1v) is 12.6. The molecule has 5 rings (SSSR count). The molecule has 3 aromatic heterocycles. The van der Waals surface area contributed by atoms with Crippen LogP contribution < -0.4 is 10.6 Å². The van der Waals surface area contributed by atoms with Crippen molar-refractivity contribution in [3.8, 4) is 11.3 Å². The molecule has 0 spiro atoms. The fourth-order valence-corrected chi connectivity index (χ4v) is 3.72. The van der Waals surface area contributed by atoms with Gasteiger partial charge in [-0.15, -0.1) is 0 Å². The zero-order valence-corrected chi connectivity index (χ0v) is 22.3. The minimum atomic E-state index is -0.727. The van der Waals surface area contributed by atoms with Crippen molar-refractivity contribution in [3.63, 3.8) is 0 Å². The van der Waals surface area contributed by atoms with Crippen LogP contribution >= 0.6 is 0 Å². The Morgan fingerprint density at radius 2 is 1.77 bits per heavy atom. The van der Waals surface area contributed by atoms with Crippen LogP contribution in [0, 0.1) is 11.7 Å². The van der Waals surface area contributed by atoms with Gasteiger partial charge in [0.25, 0.3) is 11.7 Å². The molecule has 5 aromatic rings. The number of carbonyl (C=O) groups excluding carboxylic acids is 2. The lowest BCUT2D eigenvalue weighted by molar-refractivity contribution is -0.119. The van der Waals surface area contributed by atoms with E-state index in [0.29, 0.717) is 23.5 Å². The number of likely N-dealkylation sites (N-methyl/N-ethyl adjacent to an activating group) is 1. The van der Waals surface area contributed by atoms with Gasteiger partial charge in [-0.1, -0.05) is 39.0 Å². The lowest BCUT2D eigenvalue weighted by Gasteiger charge is -2.08. The summed E-state index contributed by atoms with van der Waals surface area (Å²) in [5.41, 5.74) is 3.53. The van der Waals surface area contributed by atoms with Crippen LogP contribution in [0.3, 0.4) is 0 Å². The number of hydrogen-bond donors (Lipinski definition) is 2. The molecule has 0 saturated carbocycles. The molecule has 0 atom stereocenters. The molecule has 0 aliphatic rings. The summed E-state index contributed by atoms with van der Waals surface area (Å²) in [4.78, 5) is 36.5. The highest BCUT2D eigenvalue weighted by Crippen LogP contribution is 2.21. The minimum absolute atomic E-state index is 0.166. The monoisotopic (exact) mass is 527 g/mol. The van der Waals surface area contributed by atoms with Crippen LogP contribution in [-0.4, -0.2) is 50.0 Å². The second kappa shape index (κ2) is 12.2. The zero-order valence-electron chi connectivity index (χ0n) is 22.3. The van der Waals surface area contributed by atoms with E-state index in [-0.39, 0.29) is 18.0 Å². The molecule has 0 unspecified atom stereocenters. The van der Waals surface area contributed by atoms with Gasteiger partial charge in [0.05, 0.1) is 35.7 Å². The maximum absolute atomic E-state index is 14.7. The molecule has 2 N–H and O–H groups in total. The number of pyridine rings is 1. The number of halogens is 1. The average Bonchev–Trinajstić information content (AvgIpc) is 3.32. The standard InChI is InChI=1S/C25H20FN7O2.C4H10/c1-27-23(34)14-29-24(35)19-6-5-17(11-20(19)26)22-13-31-25-30-12-18(33(25)32-22)10-15-4-7-21-16(9-15)3-2-8-28-21;1-4(2)3/h2-9,11-13H,10,14H2,1H3,(H,27,34)(H,29,35);4H,1-3H3. The van der Waals surface area contributed by atoms with Crippen molar-refractivity contribution >= 4 is 28.5 Å². The molecule has 0 fully saturated rings. The van der Waals surface area contributed by atoms with Gasteiger partial charge in [0, 0.05) is 30.6 Å². The summed E-state index contributed by atoms with van der Waals surface area (Å²) in [6.07, 6.45) is 5.56. The maximum Gasteiger partial charge on any atom is 0.254 e. The first kappa shape index (κ1) is 27.3. The fourth-order valence-electron chi connectivity index (χ4n) is 3.72. The lowest BCUT2D eigenvalue weighted by Crippen LogP contribution is -2.35. The summed E-state index contributed by atoms with van der Waals surface area (Å²) in [5, 5.41) is 10.4. The van der Waals surface area contributed by atoms with E-state index >= 15 is 0 Å². The number of imidazole rings is 1. The number of aromatic nitrogens is 5. The third kappa shape index (κ3) is 6.78. The van der Waals surface area contributed by atoms with Gasteiger partial charge >= 0.3 is 0 Å². The molecule has 0 radical (unpaired) electrons. The van der Waals surface area contributed by atoms with Crippen molar-refractivity contribution < 1.29 is 14.0 Å². The summed E-state index contributed by atoms with van der Waals surface area (Å²) in [6.45, 7) is 6.26. The fraction of sp³-hybridized carbons (Fsp3) is 0.241. The minimum Gasteiger partial charge on any atom is -0.358 e. The van der Waals surface area contributed by atoms with E-state index < -0.39 is 11.7 Å². The van der Waals surface area contributed by atoms with Crippen molar-refractivity contribution in [2.75, 3.05) is 13.6 Å². The molecule has 3 heterocycles. The number of rotatable bonds is 6. The van der Waals surface area contributed by atoms with Crippen LogP contribution in [0.5, 0.6) is 0 Å². The molecule has 0 bridgehead atoms. The smallest absolute Gasteiger partial charge is 0.254 e. The Balaban J connectivity index is 0.000000826. The molecule has 39 heavy (non-hydrogen) atoms. The number of nitrogens with zero attached hydrogens (tertiary/aromatic N) is 5. The van der Waals surface area contributed by atoms with E-state index in [2.05, 4.69) is 57.5 Å². The van der Waals surface area contributed by atoms with Gasteiger partial charge in [0.1, 0.15) is 11.5 Å². The Kier molecular flexibility index (Phi) is 8.55. The number of fused-ring (bicyclic) bond motifs is 2. The van der Waals surface area contributed by atoms with Gasteiger partial charge in [0.15, 0.2) is 0 Å². The summed E-state index contributed by atoms with van der Waals surface area (Å²) >= 11 is 0. The topological polar surface area (TPSA) is 114 Å². The second-order valence-electron chi connectivity index (χ2n) is 9.59. The SMILES string of the molecule is CC(C)C.CNC(=O)CNC(=O)c1ccc(-c2cnc3ncc(Cc4ccc5ncccc5c4)n3n2)cc1F. The van der Waals surface area contributed by atoms with Crippen LogP contribution in [0.4, 0.5) is 4.39 Å². The normalized spacial score (nSPS) is 10.8. The molecule has 0 saturated heterocycles. The van der Waals surface area contributed by atoms with Gasteiger partial charge in [0.2, 0.25) is 5.91 Å². The Bertz CT molecular complexity index is 1630. The summed E-state index contributed by atoms with van der Waals surface area (Å²) in [5.74, 6) is -0.525. The molecule has 9 nitrogen and oxygen atoms in total. The number of amides is 2. The molecular formula is C29H30FN7O2. The third-order valence-electron chi connectivity index (χ3n) is 5.55. The van der Waals surface area contributed by atoms with Crippen LogP contribution in [0.2, 0.25) is 0 Å². The molecule has 0 aliphatic carbocycles. The van der Waals surface area contributed by atoms with Gasteiger partial charge in [-0.05, 0) is 41.8 Å². The largest absolute Gasteiger partial charge is 0.358 e. The second-order valence-corrected chi connectivity index (χ2v) is 9.59. The van der Waals surface area contributed by atoms with E-state index in [1.165, 1.54) is 25.4 Å². The molecule has 2 amide bonds. The van der Waals surface area contributed by atoms with Crippen LogP contribution in [0.15, 0.2) is 67.1 Å². The summed E-state index contributed by atoms with van der Waals surface area (Å²) in [6, 6.07) is 14.1. The van der Waals surface area contributed by atoms with Crippen molar-refractivity contribution in [3.05, 3.63) is 89.8 Å². The van der Waals surface area contributed by atoms with E-state index in [0.717, 1.165) is 28.1 Å². The number of hydrogen-bond acceptors (Lipinski definition) is 6. The Morgan fingerprint density at radius 1 is 1.00 bits per heavy atom. The zero-order chi connectivity index (χ0) is 27.9. The molecule has 0 aliphatic heterocycles. The van der Waals surface area contributed by atoms with Gasteiger partial charge in [-0.25, -0.2) is 18.9 Å². The van der Waals surface area contributed by atoms with E-state index in [1.807, 2.05) is 24.3 Å². The van der Waals surface area contributed by atoms with E-state index in [9.17, 15) is 14.0 Å². The first-order chi connectivity index (χ1) is 18.7. The Morgan fingerprint density at radius 3 is 2.51 bits per heavy atom. The number of benzene rings is 2. The first-order valence-electron chi connectivity index (χ1n) is 12.6. The van der Waals surface area contributed by atoms with Gasteiger partial charge < -0.3 is 10.6 Å². The lowest BCUT2D eigenvalue weighted by atomic mass is 10.1. The third-order valence-corrected chi connectivity index (χ3v) is 5.55. The molecule has 200 valence electrons. The highest BCUT2D eigenvalue weighted by molar-refractivity contribution is 5.97. The van der Waals surface area contributed by atoms with E-state index in [1.54, 1.807) is 23.0 Å². The number of carbonyl (C=O) groups is 2. The summed E-state index contributed by atoms with van der Waals surface area (Å²) < 4.78 is 16.3. The maximum atomic E-state index is 14.7. The van der Waals surface area contributed by atoms with Gasteiger partial charge in [-0.2, -0.15) is 5.10 Å². The average molecular weight is 528 g/mol. The molecule has 2 aromatic carbocycles. The van der Waals surface area contributed by atoms with Crippen LogP contribution in [0.1, 0.15) is 42.4 Å². The van der Waals surface area contributed by atoms with Crippen molar-refractivity contribution in [1.82, 2.24) is 35.2 Å². The van der Waals surface area contributed by atoms with Crippen LogP contribution in [0.25, 0.3) is 27.9 Å². The quantitative estimate of drug-likeness (QED) is 0.342. The van der Waals surface area contributed by atoms with E-state index in [4.69, 9.17) is 0 Å². The molecule has 10 heteroatoms. The Labute approximate surface area is 225 Å². The molecular weight excluding hydrogens is 497 g/mol. The highest BCUT2D eigenvalue weighted by atomic mass is 19.1. The van der Waals surface area contributed by atoms with Gasteiger partial charge in [-0.3, -0.25) is 14.6 Å².